The Morgan fingerprint density at radius 2 is 1.89 bits per heavy atom. The summed E-state index contributed by atoms with van der Waals surface area (Å²) in [5, 5.41) is 2.78. The van der Waals surface area contributed by atoms with Crippen LogP contribution in [0.5, 0.6) is 0 Å². The molecule has 1 saturated heterocycles. The molecular weight excluding hydrogens is 311 g/mol. The number of hydrogen-bond acceptors (Lipinski definition) is 3. The van der Waals surface area contributed by atoms with Crippen molar-refractivity contribution in [3.8, 4) is 0 Å². The highest BCUT2D eigenvalue weighted by molar-refractivity contribution is 8.13. The summed E-state index contributed by atoms with van der Waals surface area (Å²) >= 11 is 5.93. The van der Waals surface area contributed by atoms with Gasteiger partial charge in [-0.3, -0.25) is 0 Å². The molecule has 1 aromatic carbocycles. The number of rotatable bonds is 2. The Morgan fingerprint density at radius 3 is 2.42 bits per heavy atom. The Balaban J connectivity index is 2.15. The Hall–Kier alpha value is -0.980. The van der Waals surface area contributed by atoms with Gasteiger partial charge in [-0.05, 0) is 31.0 Å². The van der Waals surface area contributed by atoms with Crippen LogP contribution >= 0.6 is 22.3 Å². The molecule has 1 aromatic rings. The number of nitrogens with one attached hydrogen (secondary N) is 1. The largest absolute Gasteiger partial charge is 0.325 e. The average molecular weight is 323 g/mol. The van der Waals surface area contributed by atoms with Crippen molar-refractivity contribution in [1.29, 1.82) is 0 Å². The molecule has 0 aliphatic carbocycles. The first-order valence-corrected chi connectivity index (χ1v) is 8.37. The molecule has 2 rings (SSSR count). The molecule has 5 nitrogen and oxygen atoms in total. The van der Waals surface area contributed by atoms with Gasteiger partial charge in [0.1, 0.15) is 0 Å². The SMILES string of the molecule is O=C(Nc1ccc(S(=O)(=O)Cl)cc1Cl)N1CCCC1. The van der Waals surface area contributed by atoms with Crippen LogP contribution < -0.4 is 5.32 Å². The van der Waals surface area contributed by atoms with Gasteiger partial charge in [-0.25, -0.2) is 13.2 Å². The van der Waals surface area contributed by atoms with Crippen molar-refractivity contribution in [2.75, 3.05) is 18.4 Å². The molecule has 0 unspecified atom stereocenters. The molecule has 104 valence electrons. The van der Waals surface area contributed by atoms with Crippen molar-refractivity contribution in [3.63, 3.8) is 0 Å². The summed E-state index contributed by atoms with van der Waals surface area (Å²) in [6.45, 7) is 1.44. The van der Waals surface area contributed by atoms with Crippen LogP contribution in [0, 0.1) is 0 Å². The second-order valence-corrected chi connectivity index (χ2v) is 7.18. The normalized spacial score (nSPS) is 15.6. The number of urea groups is 1. The number of likely N-dealkylation sites (tertiary alicyclic amines) is 1. The predicted molar refractivity (Wildman–Crippen MR) is 74.3 cm³/mol. The third kappa shape index (κ3) is 3.52. The summed E-state index contributed by atoms with van der Waals surface area (Å²) in [5.74, 6) is 0. The molecule has 0 spiro atoms. The lowest BCUT2D eigenvalue weighted by Crippen LogP contribution is -2.32. The number of nitrogens with zero attached hydrogens (tertiary/aromatic N) is 1. The topological polar surface area (TPSA) is 66.5 Å². The molecule has 19 heavy (non-hydrogen) atoms. The Morgan fingerprint density at radius 1 is 1.26 bits per heavy atom. The van der Waals surface area contributed by atoms with E-state index in [-0.39, 0.29) is 15.9 Å². The summed E-state index contributed by atoms with van der Waals surface area (Å²) in [6, 6.07) is 3.70. The molecular formula is C11H12Cl2N2O3S. The lowest BCUT2D eigenvalue weighted by Gasteiger charge is -2.16. The molecule has 2 amide bonds. The van der Waals surface area contributed by atoms with Crippen LogP contribution in [-0.2, 0) is 9.05 Å². The van der Waals surface area contributed by atoms with E-state index in [4.69, 9.17) is 22.3 Å². The van der Waals surface area contributed by atoms with E-state index in [1.165, 1.54) is 18.2 Å². The van der Waals surface area contributed by atoms with Gasteiger partial charge in [0.25, 0.3) is 9.05 Å². The zero-order valence-electron chi connectivity index (χ0n) is 9.90. The maximum atomic E-state index is 11.9. The van der Waals surface area contributed by atoms with Gasteiger partial charge in [-0.1, -0.05) is 11.6 Å². The van der Waals surface area contributed by atoms with E-state index in [2.05, 4.69) is 5.32 Å². The molecule has 0 aromatic heterocycles. The van der Waals surface area contributed by atoms with E-state index < -0.39 is 9.05 Å². The molecule has 0 bridgehead atoms. The van der Waals surface area contributed by atoms with Gasteiger partial charge in [-0.2, -0.15) is 0 Å². The summed E-state index contributed by atoms with van der Waals surface area (Å²) < 4.78 is 22.3. The fourth-order valence-corrected chi connectivity index (χ4v) is 2.93. The highest BCUT2D eigenvalue weighted by Gasteiger charge is 2.19. The van der Waals surface area contributed by atoms with E-state index in [0.717, 1.165) is 25.9 Å². The van der Waals surface area contributed by atoms with Gasteiger partial charge < -0.3 is 10.2 Å². The fourth-order valence-electron chi connectivity index (χ4n) is 1.86. The van der Waals surface area contributed by atoms with Crippen LogP contribution in [0.3, 0.4) is 0 Å². The number of halogens is 2. The van der Waals surface area contributed by atoms with Gasteiger partial charge in [0, 0.05) is 23.8 Å². The number of hydrogen-bond donors (Lipinski definition) is 1. The number of anilines is 1. The van der Waals surface area contributed by atoms with Crippen molar-refractivity contribution in [2.24, 2.45) is 0 Å². The van der Waals surface area contributed by atoms with Crippen LogP contribution in [0.15, 0.2) is 23.1 Å². The third-order valence-corrected chi connectivity index (χ3v) is 4.52. The first kappa shape index (κ1) is 14.4. The smallest absolute Gasteiger partial charge is 0.321 e. The number of amides is 2. The molecule has 0 saturated carbocycles. The van der Waals surface area contributed by atoms with Gasteiger partial charge in [0.05, 0.1) is 15.6 Å². The zero-order valence-corrected chi connectivity index (χ0v) is 12.2. The highest BCUT2D eigenvalue weighted by Crippen LogP contribution is 2.27. The van der Waals surface area contributed by atoms with Crippen LogP contribution in [0.4, 0.5) is 10.5 Å². The molecule has 1 fully saturated rings. The number of benzene rings is 1. The molecule has 0 radical (unpaired) electrons. The average Bonchev–Trinajstić information content (AvgIpc) is 2.84. The Labute approximate surface area is 120 Å². The van der Waals surface area contributed by atoms with Gasteiger partial charge in [0.2, 0.25) is 0 Å². The van der Waals surface area contributed by atoms with Crippen molar-refractivity contribution in [1.82, 2.24) is 4.90 Å². The van der Waals surface area contributed by atoms with Gasteiger partial charge in [0.15, 0.2) is 0 Å². The summed E-state index contributed by atoms with van der Waals surface area (Å²) in [5.41, 5.74) is 0.364. The van der Waals surface area contributed by atoms with E-state index in [9.17, 15) is 13.2 Å². The van der Waals surface area contributed by atoms with E-state index >= 15 is 0 Å². The zero-order chi connectivity index (χ0) is 14.0. The van der Waals surface area contributed by atoms with Crippen LogP contribution in [0.25, 0.3) is 0 Å². The quantitative estimate of drug-likeness (QED) is 0.851. The third-order valence-electron chi connectivity index (χ3n) is 2.86. The van der Waals surface area contributed by atoms with E-state index in [1.807, 2.05) is 0 Å². The monoisotopic (exact) mass is 322 g/mol. The van der Waals surface area contributed by atoms with Crippen molar-refractivity contribution in [3.05, 3.63) is 23.2 Å². The van der Waals surface area contributed by atoms with Crippen LogP contribution in [0.1, 0.15) is 12.8 Å². The van der Waals surface area contributed by atoms with E-state index in [0.29, 0.717) is 5.69 Å². The van der Waals surface area contributed by atoms with E-state index in [1.54, 1.807) is 4.90 Å². The molecule has 1 N–H and O–H groups in total. The van der Waals surface area contributed by atoms with Crippen LogP contribution in [0.2, 0.25) is 5.02 Å². The number of carbonyl (C=O) groups excluding carboxylic acids is 1. The predicted octanol–water partition coefficient (Wildman–Crippen LogP) is 2.90. The maximum Gasteiger partial charge on any atom is 0.321 e. The Bertz CT molecular complexity index is 598. The first-order chi connectivity index (χ1) is 8.88. The number of carbonyl (C=O) groups is 1. The van der Waals surface area contributed by atoms with Crippen molar-refractivity contribution >= 4 is 43.1 Å². The van der Waals surface area contributed by atoms with Crippen molar-refractivity contribution in [2.45, 2.75) is 17.7 Å². The summed E-state index contributed by atoms with van der Waals surface area (Å²) in [7, 11) is 1.39. The second-order valence-electron chi connectivity index (χ2n) is 4.20. The lowest BCUT2D eigenvalue weighted by atomic mass is 10.3. The Kier molecular flexibility index (Phi) is 4.23. The van der Waals surface area contributed by atoms with Gasteiger partial charge in [-0.15, -0.1) is 0 Å². The maximum absolute atomic E-state index is 11.9. The lowest BCUT2D eigenvalue weighted by molar-refractivity contribution is 0.222. The fraction of sp³-hybridized carbons (Fsp3) is 0.364. The second kappa shape index (κ2) is 5.56. The first-order valence-electron chi connectivity index (χ1n) is 5.68. The van der Waals surface area contributed by atoms with Crippen molar-refractivity contribution < 1.29 is 13.2 Å². The molecule has 0 atom stereocenters. The van der Waals surface area contributed by atoms with Gasteiger partial charge >= 0.3 is 6.03 Å². The standard InChI is InChI=1S/C11H12Cl2N2O3S/c12-9-7-8(19(13,17)18)3-4-10(9)14-11(16)15-5-1-2-6-15/h3-4,7H,1-2,5-6H2,(H,14,16). The summed E-state index contributed by atoms with van der Waals surface area (Å²) in [4.78, 5) is 13.4. The molecule has 1 heterocycles. The minimum absolute atomic E-state index is 0.0988. The van der Waals surface area contributed by atoms with Crippen LogP contribution in [-0.4, -0.2) is 32.4 Å². The highest BCUT2D eigenvalue weighted by atomic mass is 35.7. The molecule has 1 aliphatic rings. The minimum atomic E-state index is -3.82. The molecule has 1 aliphatic heterocycles. The minimum Gasteiger partial charge on any atom is -0.325 e. The molecule has 8 heteroatoms. The summed E-state index contributed by atoms with van der Waals surface area (Å²) in [6.07, 6.45) is 1.98.